The minimum absolute atomic E-state index is 0.429. The Bertz CT molecular complexity index is 255. The first-order valence-electron chi connectivity index (χ1n) is 4.81. The molecule has 2 nitrogen and oxygen atoms in total. The molecule has 74 valence electrons. The molecule has 0 aromatic carbocycles. The van der Waals surface area contributed by atoms with Gasteiger partial charge in [-0.05, 0) is 13.3 Å². The van der Waals surface area contributed by atoms with Gasteiger partial charge in [0.15, 0.2) is 0 Å². The van der Waals surface area contributed by atoms with Crippen molar-refractivity contribution in [3.8, 4) is 0 Å². The van der Waals surface area contributed by atoms with E-state index in [9.17, 15) is 0 Å². The second-order valence-corrected chi connectivity index (χ2v) is 4.86. The molecule has 0 radical (unpaired) electrons. The highest BCUT2D eigenvalue weighted by Crippen LogP contribution is 2.22. The lowest BCUT2D eigenvalue weighted by Crippen LogP contribution is -2.27. The van der Waals surface area contributed by atoms with Crippen LogP contribution in [-0.4, -0.2) is 11.0 Å². The van der Waals surface area contributed by atoms with E-state index in [4.69, 9.17) is 0 Å². The maximum absolute atomic E-state index is 4.40. The average molecular weight is 198 g/mol. The molecule has 1 atom stereocenters. The molecule has 0 aliphatic rings. The third kappa shape index (κ3) is 3.08. The predicted molar refractivity (Wildman–Crippen MR) is 58.2 cm³/mol. The number of thiazole rings is 1. The summed E-state index contributed by atoms with van der Waals surface area (Å²) in [4.78, 5) is 5.69. The number of hydrogen-bond donors (Lipinski definition) is 1. The van der Waals surface area contributed by atoms with Crippen LogP contribution in [-0.2, 0) is 0 Å². The number of nitrogens with zero attached hydrogens (tertiary/aromatic N) is 1. The molecule has 0 spiro atoms. The van der Waals surface area contributed by atoms with Crippen LogP contribution in [0.3, 0.4) is 0 Å². The summed E-state index contributed by atoms with van der Waals surface area (Å²) in [5, 5.41) is 4.72. The van der Waals surface area contributed by atoms with Crippen LogP contribution < -0.4 is 5.32 Å². The molecule has 0 amide bonds. The lowest BCUT2D eigenvalue weighted by molar-refractivity contribution is 0.465. The van der Waals surface area contributed by atoms with Gasteiger partial charge >= 0.3 is 0 Å². The van der Waals surface area contributed by atoms with Crippen molar-refractivity contribution in [1.29, 1.82) is 0 Å². The standard InChI is InChI=1S/C10H18N2S/c1-5-9(12-7(2)3)10-11-6-8(4)13-10/h6-7,9,12H,5H2,1-4H3. The molecule has 1 N–H and O–H groups in total. The predicted octanol–water partition coefficient (Wildman–Crippen LogP) is 2.90. The lowest BCUT2D eigenvalue weighted by Gasteiger charge is -2.17. The van der Waals surface area contributed by atoms with E-state index in [1.54, 1.807) is 11.3 Å². The van der Waals surface area contributed by atoms with Crippen LogP contribution in [0.15, 0.2) is 6.20 Å². The summed E-state index contributed by atoms with van der Waals surface area (Å²) >= 11 is 1.79. The highest BCUT2D eigenvalue weighted by Gasteiger charge is 2.12. The van der Waals surface area contributed by atoms with Crippen molar-refractivity contribution >= 4 is 11.3 Å². The van der Waals surface area contributed by atoms with Crippen molar-refractivity contribution in [1.82, 2.24) is 10.3 Å². The third-order valence-electron chi connectivity index (χ3n) is 1.88. The molecule has 1 aromatic rings. The molecule has 0 aliphatic heterocycles. The molecule has 1 unspecified atom stereocenters. The largest absolute Gasteiger partial charge is 0.306 e. The smallest absolute Gasteiger partial charge is 0.110 e. The molecule has 0 saturated carbocycles. The van der Waals surface area contributed by atoms with E-state index in [-0.39, 0.29) is 0 Å². The first-order chi connectivity index (χ1) is 6.13. The van der Waals surface area contributed by atoms with Gasteiger partial charge in [0.2, 0.25) is 0 Å². The van der Waals surface area contributed by atoms with Crippen LogP contribution in [0.5, 0.6) is 0 Å². The molecule has 0 aliphatic carbocycles. The average Bonchev–Trinajstić information content (AvgIpc) is 2.47. The van der Waals surface area contributed by atoms with Crippen molar-refractivity contribution in [3.63, 3.8) is 0 Å². The number of hydrogen-bond acceptors (Lipinski definition) is 3. The summed E-state index contributed by atoms with van der Waals surface area (Å²) < 4.78 is 0. The summed E-state index contributed by atoms with van der Waals surface area (Å²) in [5.74, 6) is 0. The zero-order valence-electron chi connectivity index (χ0n) is 8.79. The molecule has 0 bridgehead atoms. The highest BCUT2D eigenvalue weighted by atomic mass is 32.1. The zero-order chi connectivity index (χ0) is 9.84. The Morgan fingerprint density at radius 3 is 2.62 bits per heavy atom. The van der Waals surface area contributed by atoms with Gasteiger partial charge in [-0.1, -0.05) is 20.8 Å². The van der Waals surface area contributed by atoms with Gasteiger partial charge in [-0.3, -0.25) is 0 Å². The molecule has 1 aromatic heterocycles. The molecule has 1 rings (SSSR count). The summed E-state index contributed by atoms with van der Waals surface area (Å²) in [7, 11) is 0. The molecule has 1 heterocycles. The molecule has 13 heavy (non-hydrogen) atoms. The maximum atomic E-state index is 4.40. The second-order valence-electron chi connectivity index (χ2n) is 3.59. The Balaban J connectivity index is 2.66. The van der Waals surface area contributed by atoms with Crippen LogP contribution in [0.1, 0.15) is 43.1 Å². The van der Waals surface area contributed by atoms with Crippen molar-refractivity contribution in [2.45, 2.75) is 46.2 Å². The van der Waals surface area contributed by atoms with Crippen LogP contribution in [0.25, 0.3) is 0 Å². The van der Waals surface area contributed by atoms with E-state index < -0.39 is 0 Å². The molecule has 0 saturated heterocycles. The van der Waals surface area contributed by atoms with E-state index in [1.165, 1.54) is 9.88 Å². The number of nitrogens with one attached hydrogen (secondary N) is 1. The van der Waals surface area contributed by atoms with Gasteiger partial charge in [0.05, 0.1) is 6.04 Å². The van der Waals surface area contributed by atoms with Crippen LogP contribution in [0.4, 0.5) is 0 Å². The normalized spacial score (nSPS) is 13.6. The van der Waals surface area contributed by atoms with Gasteiger partial charge in [0, 0.05) is 17.1 Å². The fourth-order valence-corrected chi connectivity index (χ4v) is 2.22. The first-order valence-corrected chi connectivity index (χ1v) is 5.63. The fourth-order valence-electron chi connectivity index (χ4n) is 1.30. The molecular weight excluding hydrogens is 180 g/mol. The SMILES string of the molecule is CCC(NC(C)C)c1ncc(C)s1. The zero-order valence-corrected chi connectivity index (χ0v) is 9.61. The number of rotatable bonds is 4. The van der Waals surface area contributed by atoms with Crippen LogP contribution in [0.2, 0.25) is 0 Å². The minimum Gasteiger partial charge on any atom is -0.306 e. The van der Waals surface area contributed by atoms with Crippen LogP contribution >= 0.6 is 11.3 Å². The van der Waals surface area contributed by atoms with Gasteiger partial charge in [0.25, 0.3) is 0 Å². The Kier molecular flexibility index (Phi) is 3.88. The van der Waals surface area contributed by atoms with Crippen molar-refractivity contribution in [2.75, 3.05) is 0 Å². The monoisotopic (exact) mass is 198 g/mol. The van der Waals surface area contributed by atoms with Gasteiger partial charge in [-0.2, -0.15) is 0 Å². The van der Waals surface area contributed by atoms with Crippen LogP contribution in [0, 0.1) is 6.92 Å². The number of aryl methyl sites for hydroxylation is 1. The van der Waals surface area contributed by atoms with E-state index >= 15 is 0 Å². The highest BCUT2D eigenvalue weighted by molar-refractivity contribution is 7.11. The molecule has 3 heteroatoms. The Morgan fingerprint density at radius 2 is 2.23 bits per heavy atom. The summed E-state index contributed by atoms with van der Waals surface area (Å²) in [5.41, 5.74) is 0. The summed E-state index contributed by atoms with van der Waals surface area (Å²) in [6.07, 6.45) is 3.05. The summed E-state index contributed by atoms with van der Waals surface area (Å²) in [6.45, 7) is 8.63. The van der Waals surface area contributed by atoms with E-state index in [2.05, 4.69) is 38.0 Å². The van der Waals surface area contributed by atoms with Crippen molar-refractivity contribution < 1.29 is 0 Å². The molecular formula is C10H18N2S. The fraction of sp³-hybridized carbons (Fsp3) is 0.700. The third-order valence-corrected chi connectivity index (χ3v) is 2.91. The second kappa shape index (κ2) is 4.72. The Hall–Kier alpha value is -0.410. The van der Waals surface area contributed by atoms with Gasteiger partial charge in [-0.15, -0.1) is 11.3 Å². The van der Waals surface area contributed by atoms with Crippen molar-refractivity contribution in [2.24, 2.45) is 0 Å². The van der Waals surface area contributed by atoms with Gasteiger partial charge < -0.3 is 5.32 Å². The summed E-state index contributed by atoms with van der Waals surface area (Å²) in [6, 6.07) is 0.952. The lowest BCUT2D eigenvalue weighted by atomic mass is 10.2. The Morgan fingerprint density at radius 1 is 1.54 bits per heavy atom. The maximum Gasteiger partial charge on any atom is 0.110 e. The van der Waals surface area contributed by atoms with Crippen molar-refractivity contribution in [3.05, 3.63) is 16.1 Å². The van der Waals surface area contributed by atoms with E-state index in [0.29, 0.717) is 12.1 Å². The first kappa shape index (κ1) is 10.7. The van der Waals surface area contributed by atoms with E-state index in [1.807, 2.05) is 6.20 Å². The quantitative estimate of drug-likeness (QED) is 0.804. The van der Waals surface area contributed by atoms with E-state index in [0.717, 1.165) is 6.42 Å². The number of aromatic nitrogens is 1. The minimum atomic E-state index is 0.429. The van der Waals surface area contributed by atoms with Gasteiger partial charge in [-0.25, -0.2) is 4.98 Å². The Labute approximate surface area is 84.4 Å². The van der Waals surface area contributed by atoms with Gasteiger partial charge in [0.1, 0.15) is 5.01 Å². The topological polar surface area (TPSA) is 24.9 Å². The molecule has 0 fully saturated rings.